The Morgan fingerprint density at radius 2 is 1.67 bits per heavy atom. The number of nitriles is 1. The molecular weight excluding hydrogens is 359 g/mol. The summed E-state index contributed by atoms with van der Waals surface area (Å²) in [5.74, 6) is -0.651. The molecule has 0 fully saturated rings. The van der Waals surface area contributed by atoms with Crippen molar-refractivity contribution in [3.8, 4) is 6.07 Å². The maximum Gasteiger partial charge on any atom is 0.416 e. The number of nitrogens with one attached hydrogen (secondary N) is 2. The van der Waals surface area contributed by atoms with Crippen molar-refractivity contribution < 1.29 is 22.8 Å². The van der Waals surface area contributed by atoms with E-state index in [-0.39, 0.29) is 24.4 Å². The third kappa shape index (κ3) is 5.31. The average Bonchev–Trinajstić information content (AvgIpc) is 2.64. The molecule has 0 aliphatic carbocycles. The van der Waals surface area contributed by atoms with Crippen LogP contribution in [0, 0.1) is 11.3 Å². The van der Waals surface area contributed by atoms with Crippen molar-refractivity contribution in [2.24, 2.45) is 0 Å². The standard InChI is InChI=1S/C19H16F3N3O2/c1-12(26)14-2-3-15(11-23)17(10-14)24-8-9-25-18(27)13-4-6-16(7-5-13)19(20,21)22/h2-7,10,24H,8-9H2,1H3,(H,25,27). The average molecular weight is 375 g/mol. The van der Waals surface area contributed by atoms with Gasteiger partial charge in [-0.1, -0.05) is 0 Å². The molecule has 2 rings (SSSR count). The number of hydrogen-bond donors (Lipinski definition) is 2. The maximum absolute atomic E-state index is 12.5. The quantitative estimate of drug-likeness (QED) is 0.597. The fourth-order valence-electron chi connectivity index (χ4n) is 2.29. The molecule has 140 valence electrons. The van der Waals surface area contributed by atoms with Crippen LogP contribution in [-0.4, -0.2) is 24.8 Å². The third-order valence-electron chi connectivity index (χ3n) is 3.75. The van der Waals surface area contributed by atoms with Crippen molar-refractivity contribution in [3.63, 3.8) is 0 Å². The summed E-state index contributed by atoms with van der Waals surface area (Å²) in [5, 5.41) is 14.6. The zero-order valence-electron chi connectivity index (χ0n) is 14.4. The minimum atomic E-state index is -4.45. The molecule has 0 heterocycles. The number of alkyl halides is 3. The first kappa shape index (κ1) is 20.0. The first-order valence-electron chi connectivity index (χ1n) is 7.97. The van der Waals surface area contributed by atoms with Crippen LogP contribution >= 0.6 is 0 Å². The van der Waals surface area contributed by atoms with E-state index in [2.05, 4.69) is 10.6 Å². The molecule has 2 N–H and O–H groups in total. The molecule has 2 aromatic rings. The number of Topliss-reactive ketones (excluding diaryl/α,β-unsaturated/α-hetero) is 1. The second-order valence-corrected chi connectivity index (χ2v) is 5.69. The number of carbonyl (C=O) groups excluding carboxylic acids is 2. The van der Waals surface area contributed by atoms with Gasteiger partial charge in [0.25, 0.3) is 5.91 Å². The van der Waals surface area contributed by atoms with Gasteiger partial charge in [0.1, 0.15) is 6.07 Å². The van der Waals surface area contributed by atoms with Gasteiger partial charge in [-0.2, -0.15) is 18.4 Å². The Hall–Kier alpha value is -3.34. The Balaban J connectivity index is 1.92. The highest BCUT2D eigenvalue weighted by Gasteiger charge is 2.30. The Morgan fingerprint density at radius 3 is 2.22 bits per heavy atom. The van der Waals surface area contributed by atoms with Gasteiger partial charge in [0.05, 0.1) is 16.8 Å². The van der Waals surface area contributed by atoms with E-state index in [0.29, 0.717) is 16.8 Å². The molecule has 0 spiro atoms. The third-order valence-corrected chi connectivity index (χ3v) is 3.75. The lowest BCUT2D eigenvalue weighted by Gasteiger charge is -2.11. The lowest BCUT2D eigenvalue weighted by Crippen LogP contribution is -2.29. The van der Waals surface area contributed by atoms with Crippen LogP contribution in [0.1, 0.15) is 38.8 Å². The molecule has 2 aromatic carbocycles. The van der Waals surface area contributed by atoms with Crippen LogP contribution in [-0.2, 0) is 6.18 Å². The SMILES string of the molecule is CC(=O)c1ccc(C#N)c(NCCNC(=O)c2ccc(C(F)(F)F)cc2)c1. The number of anilines is 1. The number of rotatable bonds is 6. The zero-order valence-corrected chi connectivity index (χ0v) is 14.4. The predicted octanol–water partition coefficient (Wildman–Crippen LogP) is 3.62. The van der Waals surface area contributed by atoms with Crippen molar-refractivity contribution in [1.29, 1.82) is 5.26 Å². The molecule has 8 heteroatoms. The number of benzene rings is 2. The smallest absolute Gasteiger partial charge is 0.382 e. The molecule has 0 bridgehead atoms. The number of hydrogen-bond acceptors (Lipinski definition) is 4. The summed E-state index contributed by atoms with van der Waals surface area (Å²) in [6, 6.07) is 10.5. The number of nitrogens with zero attached hydrogens (tertiary/aromatic N) is 1. The first-order valence-corrected chi connectivity index (χ1v) is 7.97. The Kier molecular flexibility index (Phi) is 6.19. The van der Waals surface area contributed by atoms with Crippen molar-refractivity contribution in [2.45, 2.75) is 13.1 Å². The molecule has 0 atom stereocenters. The number of amides is 1. The minimum absolute atomic E-state index is 0.110. The van der Waals surface area contributed by atoms with Gasteiger partial charge in [0.2, 0.25) is 0 Å². The van der Waals surface area contributed by atoms with E-state index >= 15 is 0 Å². The second-order valence-electron chi connectivity index (χ2n) is 5.69. The van der Waals surface area contributed by atoms with Crippen molar-refractivity contribution in [3.05, 3.63) is 64.7 Å². The van der Waals surface area contributed by atoms with Crippen LogP contribution in [0.3, 0.4) is 0 Å². The van der Waals surface area contributed by atoms with Crippen LogP contribution in [0.25, 0.3) is 0 Å². The molecular formula is C19H16F3N3O2. The van der Waals surface area contributed by atoms with Gasteiger partial charge in [0, 0.05) is 24.2 Å². The fourth-order valence-corrected chi connectivity index (χ4v) is 2.29. The highest BCUT2D eigenvalue weighted by Crippen LogP contribution is 2.29. The highest BCUT2D eigenvalue weighted by atomic mass is 19.4. The molecule has 0 aliphatic rings. The van der Waals surface area contributed by atoms with Crippen molar-refractivity contribution in [1.82, 2.24) is 5.32 Å². The molecule has 0 radical (unpaired) electrons. The molecule has 0 saturated heterocycles. The molecule has 27 heavy (non-hydrogen) atoms. The van der Waals surface area contributed by atoms with Crippen LogP contribution in [0.5, 0.6) is 0 Å². The molecule has 0 unspecified atom stereocenters. The van der Waals surface area contributed by atoms with Crippen molar-refractivity contribution in [2.75, 3.05) is 18.4 Å². The van der Waals surface area contributed by atoms with E-state index < -0.39 is 17.6 Å². The van der Waals surface area contributed by atoms with Gasteiger partial charge in [-0.05, 0) is 49.4 Å². The summed E-state index contributed by atoms with van der Waals surface area (Å²) in [4.78, 5) is 23.4. The van der Waals surface area contributed by atoms with Gasteiger partial charge >= 0.3 is 6.18 Å². The van der Waals surface area contributed by atoms with Crippen molar-refractivity contribution >= 4 is 17.4 Å². The van der Waals surface area contributed by atoms with Crippen LogP contribution < -0.4 is 10.6 Å². The summed E-state index contributed by atoms with van der Waals surface area (Å²) in [5.41, 5.74) is 0.558. The molecule has 0 aromatic heterocycles. The van der Waals surface area contributed by atoms with Gasteiger partial charge in [-0.15, -0.1) is 0 Å². The normalized spacial score (nSPS) is 10.8. The van der Waals surface area contributed by atoms with E-state index in [0.717, 1.165) is 24.3 Å². The predicted molar refractivity (Wildman–Crippen MR) is 93.4 cm³/mol. The fraction of sp³-hybridized carbons (Fsp3) is 0.211. The largest absolute Gasteiger partial charge is 0.416 e. The monoisotopic (exact) mass is 375 g/mol. The van der Waals surface area contributed by atoms with Gasteiger partial charge in [0.15, 0.2) is 5.78 Å². The number of halogens is 3. The summed E-state index contributed by atoms with van der Waals surface area (Å²) in [6.45, 7) is 1.85. The summed E-state index contributed by atoms with van der Waals surface area (Å²) >= 11 is 0. The Bertz CT molecular complexity index is 885. The topological polar surface area (TPSA) is 82.0 Å². The van der Waals surface area contributed by atoms with Gasteiger partial charge in [-0.3, -0.25) is 9.59 Å². The highest BCUT2D eigenvalue weighted by molar-refractivity contribution is 5.95. The van der Waals surface area contributed by atoms with E-state index in [1.807, 2.05) is 6.07 Å². The summed E-state index contributed by atoms with van der Waals surface area (Å²) in [7, 11) is 0. The van der Waals surface area contributed by atoms with Crippen LogP contribution in [0.15, 0.2) is 42.5 Å². The molecule has 5 nitrogen and oxygen atoms in total. The van der Waals surface area contributed by atoms with Gasteiger partial charge in [-0.25, -0.2) is 0 Å². The number of ketones is 1. The maximum atomic E-state index is 12.5. The second kappa shape index (κ2) is 8.36. The van der Waals surface area contributed by atoms with Crippen LogP contribution in [0.4, 0.5) is 18.9 Å². The Morgan fingerprint density at radius 1 is 1.04 bits per heavy atom. The first-order chi connectivity index (χ1) is 12.7. The van der Waals surface area contributed by atoms with E-state index in [1.54, 1.807) is 12.1 Å². The molecule has 0 aliphatic heterocycles. The van der Waals surface area contributed by atoms with E-state index in [9.17, 15) is 22.8 Å². The summed E-state index contributed by atoms with van der Waals surface area (Å²) < 4.78 is 37.6. The summed E-state index contributed by atoms with van der Waals surface area (Å²) in [6.07, 6.45) is -4.45. The number of carbonyl (C=O) groups is 2. The van der Waals surface area contributed by atoms with E-state index in [1.165, 1.54) is 13.0 Å². The molecule has 1 amide bonds. The molecule has 0 saturated carbocycles. The van der Waals surface area contributed by atoms with Gasteiger partial charge < -0.3 is 10.6 Å². The lowest BCUT2D eigenvalue weighted by atomic mass is 10.1. The van der Waals surface area contributed by atoms with Crippen LogP contribution in [0.2, 0.25) is 0 Å². The minimum Gasteiger partial charge on any atom is -0.382 e. The van der Waals surface area contributed by atoms with E-state index in [4.69, 9.17) is 5.26 Å². The zero-order chi connectivity index (χ0) is 20.0. The Labute approximate surface area is 153 Å². The lowest BCUT2D eigenvalue weighted by molar-refractivity contribution is -0.137.